The van der Waals surface area contributed by atoms with Crippen molar-refractivity contribution >= 4 is 17.7 Å². The van der Waals surface area contributed by atoms with Crippen LogP contribution in [-0.4, -0.2) is 64.5 Å². The quantitative estimate of drug-likeness (QED) is 0.152. The van der Waals surface area contributed by atoms with Crippen molar-refractivity contribution in [3.8, 4) is 0 Å². The predicted octanol–water partition coefficient (Wildman–Crippen LogP) is 9.89. The van der Waals surface area contributed by atoms with Gasteiger partial charge in [0.05, 0.1) is 0 Å². The minimum Gasteiger partial charge on any atom is 4.00 e. The first-order chi connectivity index (χ1) is 17.2. The summed E-state index contributed by atoms with van der Waals surface area (Å²) in [7, 11) is 0. The van der Waals surface area contributed by atoms with Crippen molar-refractivity contribution in [2.45, 2.75) is 134 Å². The first kappa shape index (κ1) is 47.0. The minimum atomic E-state index is -8.38. The Morgan fingerprint density at radius 2 is 0.625 bits per heavy atom. The van der Waals surface area contributed by atoms with E-state index in [0.717, 1.165) is 12.1 Å². The summed E-state index contributed by atoms with van der Waals surface area (Å²) in [4.78, 5) is 0. The van der Waals surface area contributed by atoms with Gasteiger partial charge in [-0.15, -0.1) is 36.3 Å². The molecule has 0 aliphatic rings. The third-order valence-corrected chi connectivity index (χ3v) is 12.0. The molecule has 0 saturated heterocycles. The maximum absolute atomic E-state index is 12.6. The van der Waals surface area contributed by atoms with Crippen molar-refractivity contribution in [3.05, 3.63) is 40.2 Å². The van der Waals surface area contributed by atoms with Crippen LogP contribution >= 0.6 is 0 Å². The molecule has 0 N–H and O–H groups in total. The Balaban J connectivity index is -0.000000245. The van der Waals surface area contributed by atoms with E-state index in [1.165, 1.54) is 0 Å². The first-order valence-electron chi connectivity index (χ1n) is 12.8. The van der Waals surface area contributed by atoms with Gasteiger partial charge in [-0.3, -0.25) is 0 Å². The monoisotopic (exact) mass is 735 g/mol. The van der Waals surface area contributed by atoms with Crippen molar-refractivity contribution in [3.63, 3.8) is 0 Å². The van der Waals surface area contributed by atoms with Crippen LogP contribution < -0.4 is 4.40 Å². The molecule has 3 nitrogen and oxygen atoms in total. The molecule has 0 aliphatic heterocycles. The average molecular weight is 735 g/mol. The van der Waals surface area contributed by atoms with Crippen molar-refractivity contribution in [2.75, 3.05) is 0 Å². The summed E-state index contributed by atoms with van der Waals surface area (Å²) >= 11 is -8.38. The molecular formula is C26H46F9GeN3Zr. The van der Waals surface area contributed by atoms with Gasteiger partial charge >= 0.3 is 123 Å². The SMILES string of the molecule is CC(C)[N-]C(C)C.CC(C)[N-]C(C)C.CC(C)[N-]C(C)C.F[C](F)(F)[Ge]([c-]1cccc1)([C](F)(F)F)[C](F)(F)F.[Zr+4]. The summed E-state index contributed by atoms with van der Waals surface area (Å²) in [5, 5.41) is -6.24. The Labute approximate surface area is 257 Å². The van der Waals surface area contributed by atoms with Crippen molar-refractivity contribution in [1.82, 2.24) is 0 Å². The third kappa shape index (κ3) is 19.3. The van der Waals surface area contributed by atoms with E-state index in [2.05, 4.69) is 99.0 Å². The van der Waals surface area contributed by atoms with Crippen LogP contribution in [0.25, 0.3) is 16.0 Å². The fraction of sp³-hybridized carbons (Fsp3) is 0.808. The van der Waals surface area contributed by atoms with Gasteiger partial charge in [-0.25, -0.2) is 0 Å². The number of hydrogen-bond acceptors (Lipinski definition) is 0. The maximum atomic E-state index is 12.6. The molecule has 236 valence electrons. The van der Waals surface area contributed by atoms with Crippen LogP contribution in [0.3, 0.4) is 0 Å². The van der Waals surface area contributed by atoms with Crippen LogP contribution in [0, 0.1) is 0 Å². The Kier molecular flexibility index (Phi) is 24.5. The average Bonchev–Trinajstić information content (AvgIpc) is 3.10. The second-order valence-electron chi connectivity index (χ2n) is 10.4. The fourth-order valence-electron chi connectivity index (χ4n) is 3.39. The first-order valence-corrected chi connectivity index (χ1v) is 17.0. The molecule has 0 aliphatic carbocycles. The van der Waals surface area contributed by atoms with Gasteiger partial charge in [0.25, 0.3) is 0 Å². The van der Waals surface area contributed by atoms with E-state index in [-0.39, 0.29) is 38.3 Å². The second kappa shape index (κ2) is 20.8. The molecule has 0 heterocycles. The van der Waals surface area contributed by atoms with E-state index in [9.17, 15) is 39.5 Å². The summed E-state index contributed by atoms with van der Waals surface area (Å²) in [5.74, 6) is 0. The van der Waals surface area contributed by atoms with Gasteiger partial charge in [-0.2, -0.15) is 0 Å². The molecular weight excluding hydrogens is 689 g/mol. The topological polar surface area (TPSA) is 42.3 Å². The zero-order chi connectivity index (χ0) is 32.0. The molecule has 0 atom stereocenters. The molecule has 0 amide bonds. The molecule has 0 unspecified atom stereocenters. The molecule has 40 heavy (non-hydrogen) atoms. The molecule has 1 rings (SSSR count). The van der Waals surface area contributed by atoms with Crippen molar-refractivity contribution in [1.29, 1.82) is 0 Å². The number of nitrogens with zero attached hydrogens (tertiary/aromatic N) is 3. The van der Waals surface area contributed by atoms with Crippen LogP contribution in [0.2, 0.25) is 0 Å². The van der Waals surface area contributed by atoms with Crippen LogP contribution in [0.5, 0.6) is 0 Å². The predicted molar refractivity (Wildman–Crippen MR) is 146 cm³/mol. The van der Waals surface area contributed by atoms with Crippen LogP contribution in [0.15, 0.2) is 24.3 Å². The Bertz CT molecular complexity index is 627. The molecule has 0 spiro atoms. The minimum absolute atomic E-state index is 0. The normalized spacial score (nSPS) is 12.6. The summed E-state index contributed by atoms with van der Waals surface area (Å²) in [6.45, 7) is 25.2. The summed E-state index contributed by atoms with van der Waals surface area (Å²) in [5.41, 5.74) is 0. The van der Waals surface area contributed by atoms with Gasteiger partial charge in [0.1, 0.15) is 0 Å². The molecule has 0 radical (unpaired) electrons. The molecule has 0 saturated carbocycles. The van der Waals surface area contributed by atoms with Crippen molar-refractivity contribution < 1.29 is 65.7 Å². The number of hydrogen-bond donors (Lipinski definition) is 0. The van der Waals surface area contributed by atoms with Gasteiger partial charge in [-0.05, 0) is 0 Å². The van der Waals surface area contributed by atoms with E-state index in [1.54, 1.807) is 0 Å². The molecule has 0 bridgehead atoms. The Morgan fingerprint density at radius 1 is 0.450 bits per heavy atom. The smallest absolute Gasteiger partial charge is 4.00 e. The zero-order valence-electron chi connectivity index (χ0n) is 25.5. The molecule has 14 heteroatoms. The van der Waals surface area contributed by atoms with Crippen molar-refractivity contribution in [2.24, 2.45) is 0 Å². The van der Waals surface area contributed by atoms with Crippen LogP contribution in [0.4, 0.5) is 39.5 Å². The van der Waals surface area contributed by atoms with Gasteiger partial charge in [0, 0.05) is 0 Å². The van der Waals surface area contributed by atoms with Gasteiger partial charge < -0.3 is 16.0 Å². The van der Waals surface area contributed by atoms with E-state index < -0.39 is 32.7 Å². The standard InChI is InChI=1S/C8H4F9Ge.3C6H14N.Zr/c9-6(10,11)18(7(12,13)14,8(15,16)17)5-3-1-2-4-5;3*1-5(2)7-6(3)4;/h1-4H;3*5-6H,1-4H3;/q4*-1;+4. The summed E-state index contributed by atoms with van der Waals surface area (Å²) in [6.07, 6.45) is 0. The van der Waals surface area contributed by atoms with Gasteiger partial charge in [0.15, 0.2) is 0 Å². The van der Waals surface area contributed by atoms with E-state index >= 15 is 0 Å². The Hall–Kier alpha value is 0.0260. The Morgan fingerprint density at radius 3 is 0.725 bits per heavy atom. The maximum Gasteiger partial charge on any atom is 4.00 e. The molecule has 0 aromatic heterocycles. The molecule has 1 aromatic rings. The summed E-state index contributed by atoms with van der Waals surface area (Å²) < 4.78 is 111. The van der Waals surface area contributed by atoms with Crippen LogP contribution in [-0.2, 0) is 26.2 Å². The van der Waals surface area contributed by atoms with E-state index in [4.69, 9.17) is 0 Å². The van der Waals surface area contributed by atoms with Gasteiger partial charge in [-0.1, -0.05) is 83.1 Å². The molecule has 1 aromatic carbocycles. The van der Waals surface area contributed by atoms with E-state index in [0.29, 0.717) is 36.3 Å². The van der Waals surface area contributed by atoms with E-state index in [1.807, 2.05) is 0 Å². The second-order valence-corrected chi connectivity index (χ2v) is 18.4. The largest absolute Gasteiger partial charge is 4.00 e. The van der Waals surface area contributed by atoms with Crippen LogP contribution in [0.1, 0.15) is 83.1 Å². The number of halogens is 9. The van der Waals surface area contributed by atoms with Gasteiger partial charge in [0.2, 0.25) is 0 Å². The zero-order valence-corrected chi connectivity index (χ0v) is 30.1. The summed E-state index contributed by atoms with van der Waals surface area (Å²) in [6, 6.07) is 4.90. The molecule has 0 fully saturated rings. The third-order valence-electron chi connectivity index (χ3n) is 4.16. The number of alkyl halides is 9. The number of rotatable bonds is 7. The fourth-order valence-corrected chi connectivity index (χ4v) is 8.92.